The number of anilines is 1. The van der Waals surface area contributed by atoms with E-state index in [1.165, 1.54) is 24.3 Å². The van der Waals surface area contributed by atoms with Crippen LogP contribution >= 0.6 is 0 Å². The van der Waals surface area contributed by atoms with Gasteiger partial charge in [-0.1, -0.05) is 12.1 Å². The van der Waals surface area contributed by atoms with Gasteiger partial charge in [-0.15, -0.1) is 26.3 Å². The number of hydrogen-bond acceptors (Lipinski definition) is 8. The highest BCUT2D eigenvalue weighted by Gasteiger charge is 2.32. The predicted octanol–water partition coefficient (Wildman–Crippen LogP) is 4.89. The van der Waals surface area contributed by atoms with E-state index in [9.17, 15) is 48.0 Å². The molecule has 1 heterocycles. The number of aromatic nitrogens is 1. The van der Waals surface area contributed by atoms with E-state index >= 15 is 0 Å². The third kappa shape index (κ3) is 7.20. The Morgan fingerprint density at radius 3 is 1.68 bits per heavy atom. The Labute approximate surface area is 226 Å². The zero-order chi connectivity index (χ0) is 30.2. The van der Waals surface area contributed by atoms with Gasteiger partial charge in [-0.25, -0.2) is 8.42 Å². The van der Waals surface area contributed by atoms with Gasteiger partial charge in [0.1, 0.15) is 16.4 Å². The molecule has 0 unspecified atom stereocenters. The molecule has 18 heteroatoms. The quantitative estimate of drug-likeness (QED) is 0.209. The second-order valence-corrected chi connectivity index (χ2v) is 11.1. The first kappa shape index (κ1) is 29.5. The van der Waals surface area contributed by atoms with Gasteiger partial charge in [0, 0.05) is 5.39 Å². The Morgan fingerprint density at radius 2 is 1.17 bits per heavy atom. The molecular formula is C23H14F6N2O8S2. The largest absolute Gasteiger partial charge is 0.573 e. The van der Waals surface area contributed by atoms with Crippen LogP contribution in [0.5, 0.6) is 17.2 Å². The van der Waals surface area contributed by atoms with Crippen molar-refractivity contribution < 1.29 is 56.8 Å². The third-order valence-electron chi connectivity index (χ3n) is 5.02. The molecule has 0 spiro atoms. The molecule has 10 nitrogen and oxygen atoms in total. The van der Waals surface area contributed by atoms with Crippen LogP contribution in [-0.2, 0) is 20.1 Å². The lowest BCUT2D eigenvalue weighted by molar-refractivity contribution is -0.275. The van der Waals surface area contributed by atoms with Crippen molar-refractivity contribution in [1.29, 1.82) is 0 Å². The minimum absolute atomic E-state index is 0.0215. The summed E-state index contributed by atoms with van der Waals surface area (Å²) in [5, 5.41) is -0.0978. The number of rotatable bonds is 8. The zero-order valence-electron chi connectivity index (χ0n) is 19.8. The van der Waals surface area contributed by atoms with Crippen LogP contribution in [0.15, 0.2) is 87.4 Å². The van der Waals surface area contributed by atoms with E-state index in [2.05, 4.69) is 14.5 Å². The Bertz CT molecular complexity index is 1850. The van der Waals surface area contributed by atoms with Gasteiger partial charge >= 0.3 is 22.8 Å². The maximum Gasteiger partial charge on any atom is 0.573 e. The van der Waals surface area contributed by atoms with Crippen LogP contribution in [0.25, 0.3) is 10.9 Å². The highest BCUT2D eigenvalue weighted by atomic mass is 32.2. The summed E-state index contributed by atoms with van der Waals surface area (Å²) in [6.07, 6.45) is -10.1. The maximum absolute atomic E-state index is 13.0. The Kier molecular flexibility index (Phi) is 7.57. The number of H-pyrrole nitrogens is 1. The molecule has 41 heavy (non-hydrogen) atoms. The van der Waals surface area contributed by atoms with Crippen LogP contribution in [0, 0.1) is 0 Å². The fourth-order valence-corrected chi connectivity index (χ4v) is 5.40. The molecule has 4 rings (SSSR count). The van der Waals surface area contributed by atoms with Crippen molar-refractivity contribution in [3.05, 3.63) is 83.2 Å². The van der Waals surface area contributed by atoms with Gasteiger partial charge < -0.3 is 18.6 Å². The van der Waals surface area contributed by atoms with Crippen LogP contribution in [-0.4, -0.2) is 34.5 Å². The first-order chi connectivity index (χ1) is 18.9. The average Bonchev–Trinajstić information content (AvgIpc) is 2.85. The SMILES string of the molecule is O=c1[nH]c2ccccc2c(OS(=O)(=O)c2ccc(OC(F)(F)F)cc2)c1NS(=O)(=O)c1ccc(OC(F)(F)F)cc1. The number of nitrogens with one attached hydrogen (secondary N) is 2. The highest BCUT2D eigenvalue weighted by Crippen LogP contribution is 2.34. The van der Waals surface area contributed by atoms with E-state index in [4.69, 9.17) is 4.18 Å². The number of ether oxygens (including phenoxy) is 2. The fraction of sp³-hybridized carbons (Fsp3) is 0.0870. The summed E-state index contributed by atoms with van der Waals surface area (Å²) in [4.78, 5) is 13.9. The summed E-state index contributed by atoms with van der Waals surface area (Å²) in [5.41, 5.74) is -2.06. The summed E-state index contributed by atoms with van der Waals surface area (Å²) >= 11 is 0. The average molecular weight is 624 g/mol. The van der Waals surface area contributed by atoms with Crippen LogP contribution in [0.2, 0.25) is 0 Å². The Morgan fingerprint density at radius 1 is 0.683 bits per heavy atom. The first-order valence-corrected chi connectivity index (χ1v) is 13.7. The van der Waals surface area contributed by atoms with Gasteiger partial charge in [-0.3, -0.25) is 9.52 Å². The normalized spacial score (nSPS) is 12.6. The maximum atomic E-state index is 13.0. The molecule has 2 N–H and O–H groups in total. The van der Waals surface area contributed by atoms with E-state index in [1.807, 2.05) is 4.72 Å². The Balaban J connectivity index is 1.74. The molecule has 0 fully saturated rings. The number of halogens is 6. The van der Waals surface area contributed by atoms with Gasteiger partial charge in [0.05, 0.1) is 10.4 Å². The molecule has 0 amide bonds. The summed E-state index contributed by atoms with van der Waals surface area (Å²) in [6.45, 7) is 0. The number of alkyl halides is 6. The summed E-state index contributed by atoms with van der Waals surface area (Å²) in [7, 11) is -9.63. The molecule has 0 aliphatic rings. The summed E-state index contributed by atoms with van der Waals surface area (Å²) in [6, 6.07) is 11.2. The van der Waals surface area contributed by atoms with Gasteiger partial charge in [-0.05, 0) is 60.7 Å². The number of hydrogen-bond donors (Lipinski definition) is 2. The van der Waals surface area contributed by atoms with Crippen molar-refractivity contribution in [2.24, 2.45) is 0 Å². The van der Waals surface area contributed by atoms with Crippen LogP contribution in [0.3, 0.4) is 0 Å². The van der Waals surface area contributed by atoms with Gasteiger partial charge in [-0.2, -0.15) is 8.42 Å². The van der Waals surface area contributed by atoms with Crippen LogP contribution in [0.4, 0.5) is 32.0 Å². The number of aromatic amines is 1. The zero-order valence-corrected chi connectivity index (χ0v) is 21.4. The number of sulfonamides is 1. The monoisotopic (exact) mass is 624 g/mol. The molecule has 0 saturated carbocycles. The van der Waals surface area contributed by atoms with Crippen molar-refractivity contribution in [3.8, 4) is 17.2 Å². The number of fused-ring (bicyclic) bond motifs is 1. The first-order valence-electron chi connectivity index (χ1n) is 10.8. The number of benzene rings is 3. The van der Waals surface area contributed by atoms with Crippen molar-refractivity contribution in [2.45, 2.75) is 22.5 Å². The second-order valence-electron chi connectivity index (χ2n) is 7.89. The molecule has 0 aliphatic carbocycles. The molecule has 218 valence electrons. The van der Waals surface area contributed by atoms with Gasteiger partial charge in [0.25, 0.3) is 15.6 Å². The fourth-order valence-electron chi connectivity index (χ4n) is 3.37. The number of pyridine rings is 1. The molecule has 0 atom stereocenters. The molecule has 0 saturated heterocycles. The minimum Gasteiger partial charge on any atom is -0.406 e. The van der Waals surface area contributed by atoms with E-state index in [-0.39, 0.29) is 10.9 Å². The molecule has 1 aromatic heterocycles. The minimum atomic E-state index is -5.04. The molecule has 0 aliphatic heterocycles. The molecular weight excluding hydrogens is 610 g/mol. The molecule has 4 aromatic rings. The van der Waals surface area contributed by atoms with E-state index in [0.717, 1.165) is 24.3 Å². The van der Waals surface area contributed by atoms with Gasteiger partial charge in [0.2, 0.25) is 0 Å². The topological polar surface area (TPSA) is 141 Å². The predicted molar refractivity (Wildman–Crippen MR) is 129 cm³/mol. The van der Waals surface area contributed by atoms with Crippen molar-refractivity contribution >= 4 is 36.7 Å². The molecule has 3 aromatic carbocycles. The van der Waals surface area contributed by atoms with E-state index in [0.29, 0.717) is 24.3 Å². The summed E-state index contributed by atoms with van der Waals surface area (Å²) < 4.78 is 141. The lowest BCUT2D eigenvalue weighted by Crippen LogP contribution is -2.23. The lowest BCUT2D eigenvalue weighted by Gasteiger charge is -2.16. The number of para-hydroxylation sites is 1. The van der Waals surface area contributed by atoms with Crippen molar-refractivity contribution in [3.63, 3.8) is 0 Å². The van der Waals surface area contributed by atoms with Crippen molar-refractivity contribution in [2.75, 3.05) is 4.72 Å². The molecule has 0 bridgehead atoms. The second kappa shape index (κ2) is 10.5. The lowest BCUT2D eigenvalue weighted by atomic mass is 10.2. The van der Waals surface area contributed by atoms with Crippen molar-refractivity contribution in [1.82, 2.24) is 4.98 Å². The van der Waals surface area contributed by atoms with Crippen LogP contribution < -0.4 is 23.9 Å². The van der Waals surface area contributed by atoms with Crippen LogP contribution in [0.1, 0.15) is 0 Å². The molecule has 0 radical (unpaired) electrons. The Hall–Kier alpha value is -4.45. The third-order valence-corrected chi connectivity index (χ3v) is 7.62. The summed E-state index contributed by atoms with van der Waals surface area (Å²) in [5.74, 6) is -2.26. The van der Waals surface area contributed by atoms with Gasteiger partial charge in [0.15, 0.2) is 11.4 Å². The van der Waals surface area contributed by atoms with E-state index < -0.39 is 71.2 Å². The standard InChI is InChI=1S/C23H14F6N2O8S2/c24-22(25,26)37-13-5-9-15(10-6-13)40(33,34)31-19-20(17-3-1-2-4-18(17)30-21(19)32)39-41(35,36)16-11-7-14(8-12-16)38-23(27,28)29/h1-12,31H,(H,30,32). The highest BCUT2D eigenvalue weighted by molar-refractivity contribution is 7.92. The van der Waals surface area contributed by atoms with E-state index in [1.54, 1.807) is 0 Å². The smallest absolute Gasteiger partial charge is 0.406 e.